The summed E-state index contributed by atoms with van der Waals surface area (Å²) in [6.07, 6.45) is 11.0. The van der Waals surface area contributed by atoms with Gasteiger partial charge in [-0.15, -0.1) is 0 Å². The standard InChI is InChI=1S/C26H44N3.2ClH/c1-5-29(6-2,7-3)21-17-13-11-9-8-10-12-16-20-28-23(4)22-25(27)24-18-14-15-19-26(24)28;;/h14-15,18-19,22,27H,5-13,16-17,20-21H2,1-4H3;2*1H/q+1;;/p-1. The average Bonchev–Trinajstić information content (AvgIpc) is 2.74. The van der Waals surface area contributed by atoms with Crippen LogP contribution < -0.4 is 35.1 Å². The van der Waals surface area contributed by atoms with Crippen molar-refractivity contribution in [3.8, 4) is 0 Å². The minimum absolute atomic E-state index is 0. The molecule has 1 aromatic carbocycles. The molecule has 2 rings (SSSR count). The van der Waals surface area contributed by atoms with Gasteiger partial charge in [0.1, 0.15) is 6.54 Å². The Morgan fingerprint density at radius 3 is 1.87 bits per heavy atom. The molecule has 0 aliphatic carbocycles. The van der Waals surface area contributed by atoms with E-state index in [0.717, 1.165) is 12.2 Å². The Morgan fingerprint density at radius 1 is 0.774 bits per heavy atom. The van der Waals surface area contributed by atoms with Crippen LogP contribution in [0.1, 0.15) is 77.8 Å². The number of nitrogens with zero attached hydrogens (tertiary/aromatic N) is 2. The van der Waals surface area contributed by atoms with Gasteiger partial charge in [-0.2, -0.15) is 4.57 Å². The molecule has 0 fully saturated rings. The van der Waals surface area contributed by atoms with Crippen LogP contribution in [0, 0.1) is 6.92 Å². The molecule has 0 aliphatic heterocycles. The fraction of sp³-hybridized carbons (Fsp3) is 0.654. The van der Waals surface area contributed by atoms with Gasteiger partial charge in [0.15, 0.2) is 5.69 Å². The smallest absolute Gasteiger partial charge is 0.214 e. The molecule has 178 valence electrons. The molecule has 5 heteroatoms. The van der Waals surface area contributed by atoms with Crippen molar-refractivity contribution in [2.45, 2.75) is 85.6 Å². The molecule has 2 aromatic rings. The largest absolute Gasteiger partial charge is 1.00 e. The van der Waals surface area contributed by atoms with Gasteiger partial charge in [-0.05, 0) is 46.1 Å². The summed E-state index contributed by atoms with van der Waals surface area (Å²) in [6.45, 7) is 15.5. The Labute approximate surface area is 203 Å². The van der Waals surface area contributed by atoms with Crippen LogP contribution in [0.5, 0.6) is 0 Å². The highest BCUT2D eigenvalue weighted by atomic mass is 35.5. The summed E-state index contributed by atoms with van der Waals surface area (Å²) in [7, 11) is 0. The maximum Gasteiger partial charge on any atom is 0.214 e. The second kappa shape index (κ2) is 15.7. The van der Waals surface area contributed by atoms with Crippen molar-refractivity contribution in [1.29, 1.82) is 0 Å². The van der Waals surface area contributed by atoms with E-state index in [0.29, 0.717) is 0 Å². The highest BCUT2D eigenvalue weighted by molar-refractivity contribution is 5.87. The lowest BCUT2D eigenvalue weighted by Crippen LogP contribution is -3.00. The van der Waals surface area contributed by atoms with E-state index in [4.69, 9.17) is 5.73 Å². The van der Waals surface area contributed by atoms with Crippen molar-refractivity contribution in [2.75, 3.05) is 31.9 Å². The first kappa shape index (κ1) is 30.0. The van der Waals surface area contributed by atoms with Crippen LogP contribution in [0.4, 0.5) is 5.69 Å². The highest BCUT2D eigenvalue weighted by Gasteiger charge is 2.19. The second-order valence-corrected chi connectivity index (χ2v) is 8.75. The normalized spacial score (nSPS) is 11.2. The zero-order valence-corrected chi connectivity index (χ0v) is 21.8. The maximum atomic E-state index is 6.20. The number of anilines is 1. The molecular formula is C26H45Cl2N3. The first-order valence-corrected chi connectivity index (χ1v) is 12.1. The third-order valence-electron chi connectivity index (χ3n) is 7.07. The van der Waals surface area contributed by atoms with Crippen molar-refractivity contribution in [2.24, 2.45) is 0 Å². The SMILES string of the molecule is CC[N+](CC)(CC)CCCCCCCCCC[n+]1c(C)cc(N)c2ccccc21.[Cl-].[Cl-]. The molecule has 0 unspecified atom stereocenters. The fourth-order valence-corrected chi connectivity index (χ4v) is 4.74. The topological polar surface area (TPSA) is 29.9 Å². The van der Waals surface area contributed by atoms with Gasteiger partial charge in [0.25, 0.3) is 0 Å². The lowest BCUT2D eigenvalue weighted by Gasteiger charge is -2.35. The first-order valence-electron chi connectivity index (χ1n) is 12.1. The molecule has 3 nitrogen and oxygen atoms in total. The van der Waals surface area contributed by atoms with Crippen LogP contribution in [-0.4, -0.2) is 30.7 Å². The molecular weight excluding hydrogens is 425 g/mol. The fourth-order valence-electron chi connectivity index (χ4n) is 4.74. The van der Waals surface area contributed by atoms with Crippen LogP contribution in [-0.2, 0) is 6.54 Å². The van der Waals surface area contributed by atoms with Gasteiger partial charge in [0.05, 0.1) is 37.3 Å². The molecule has 0 saturated carbocycles. The number of halogens is 2. The number of quaternary nitrogens is 1. The number of hydrogen-bond acceptors (Lipinski definition) is 1. The summed E-state index contributed by atoms with van der Waals surface area (Å²) in [5.74, 6) is 0. The Balaban J connectivity index is 0.00000450. The van der Waals surface area contributed by atoms with Crippen LogP contribution in [0.3, 0.4) is 0 Å². The van der Waals surface area contributed by atoms with E-state index in [1.807, 2.05) is 0 Å². The Kier molecular flexibility index (Phi) is 15.2. The second-order valence-electron chi connectivity index (χ2n) is 8.75. The number of fused-ring (bicyclic) bond motifs is 1. The average molecular weight is 471 g/mol. The van der Waals surface area contributed by atoms with Crippen LogP contribution in [0.2, 0.25) is 0 Å². The highest BCUT2D eigenvalue weighted by Crippen LogP contribution is 2.19. The number of nitrogens with two attached hydrogens (primary N) is 1. The minimum atomic E-state index is 0. The summed E-state index contributed by atoms with van der Waals surface area (Å²) in [5.41, 5.74) is 9.63. The van der Waals surface area contributed by atoms with Crippen LogP contribution in [0.25, 0.3) is 10.9 Å². The number of hydrogen-bond donors (Lipinski definition) is 1. The zero-order valence-electron chi connectivity index (χ0n) is 20.3. The van der Waals surface area contributed by atoms with Crippen molar-refractivity contribution in [1.82, 2.24) is 0 Å². The number of unbranched alkanes of at least 4 members (excludes halogenated alkanes) is 7. The van der Waals surface area contributed by atoms with E-state index in [2.05, 4.69) is 62.6 Å². The van der Waals surface area contributed by atoms with E-state index < -0.39 is 0 Å². The lowest BCUT2D eigenvalue weighted by molar-refractivity contribution is -0.923. The van der Waals surface area contributed by atoms with Gasteiger partial charge in [0, 0.05) is 25.5 Å². The number of pyridine rings is 1. The molecule has 0 radical (unpaired) electrons. The van der Waals surface area contributed by atoms with Crippen LogP contribution in [0.15, 0.2) is 30.3 Å². The van der Waals surface area contributed by atoms with E-state index in [9.17, 15) is 0 Å². The Hall–Kier alpha value is -1.03. The quantitative estimate of drug-likeness (QED) is 0.236. The maximum absolute atomic E-state index is 6.20. The predicted molar refractivity (Wildman–Crippen MR) is 127 cm³/mol. The molecule has 0 atom stereocenters. The van der Waals surface area contributed by atoms with Gasteiger partial charge in [-0.25, -0.2) is 0 Å². The third-order valence-corrected chi connectivity index (χ3v) is 7.07. The monoisotopic (exact) mass is 469 g/mol. The van der Waals surface area contributed by atoms with Gasteiger partial charge in [-0.3, -0.25) is 0 Å². The zero-order chi connectivity index (χ0) is 21.1. The van der Waals surface area contributed by atoms with Gasteiger partial charge in [0.2, 0.25) is 5.52 Å². The van der Waals surface area contributed by atoms with Gasteiger partial charge in [-0.1, -0.05) is 37.8 Å². The molecule has 0 spiro atoms. The number of nitrogen functional groups attached to an aromatic ring is 1. The van der Waals surface area contributed by atoms with E-state index in [1.165, 1.54) is 98.6 Å². The summed E-state index contributed by atoms with van der Waals surface area (Å²) in [5, 5.41) is 1.18. The van der Waals surface area contributed by atoms with Gasteiger partial charge < -0.3 is 35.0 Å². The minimum Gasteiger partial charge on any atom is -1.00 e. The van der Waals surface area contributed by atoms with Crippen molar-refractivity contribution >= 4 is 16.6 Å². The lowest BCUT2D eigenvalue weighted by atomic mass is 10.1. The van der Waals surface area contributed by atoms with Crippen molar-refractivity contribution in [3.05, 3.63) is 36.0 Å². The number of aromatic nitrogens is 1. The Morgan fingerprint density at radius 2 is 1.29 bits per heavy atom. The molecule has 1 aromatic heterocycles. The molecule has 0 saturated heterocycles. The molecule has 0 bridgehead atoms. The number of benzene rings is 1. The summed E-state index contributed by atoms with van der Waals surface area (Å²) in [6, 6.07) is 10.6. The number of aryl methyl sites for hydroxylation is 2. The molecule has 0 aliphatic rings. The molecule has 31 heavy (non-hydrogen) atoms. The van der Waals surface area contributed by atoms with E-state index in [-0.39, 0.29) is 24.8 Å². The summed E-state index contributed by atoms with van der Waals surface area (Å²) < 4.78 is 3.74. The summed E-state index contributed by atoms with van der Waals surface area (Å²) in [4.78, 5) is 0. The number of rotatable bonds is 14. The third kappa shape index (κ3) is 8.79. The first-order chi connectivity index (χ1) is 14.1. The molecule has 1 heterocycles. The Bertz CT molecular complexity index is 736. The van der Waals surface area contributed by atoms with Crippen molar-refractivity contribution in [3.63, 3.8) is 0 Å². The summed E-state index contributed by atoms with van der Waals surface area (Å²) >= 11 is 0. The predicted octanol–water partition coefficient (Wildman–Crippen LogP) is 0.0232. The van der Waals surface area contributed by atoms with Crippen LogP contribution >= 0.6 is 0 Å². The van der Waals surface area contributed by atoms with E-state index >= 15 is 0 Å². The molecule has 0 amide bonds. The van der Waals surface area contributed by atoms with Gasteiger partial charge >= 0.3 is 0 Å². The molecule has 2 N–H and O–H groups in total. The van der Waals surface area contributed by atoms with Crippen molar-refractivity contribution < 1.29 is 33.9 Å². The number of para-hydroxylation sites is 1. The van der Waals surface area contributed by atoms with E-state index in [1.54, 1.807) is 0 Å².